The number of amides is 1. The summed E-state index contributed by atoms with van der Waals surface area (Å²) in [6, 6.07) is -1.01. The predicted molar refractivity (Wildman–Crippen MR) is 424 cm³/mol. The average Bonchev–Trinajstić information content (AvgIpc) is 0.780. The third-order valence-corrected chi connectivity index (χ3v) is 19.4. The minimum Gasteiger partial charge on any atom is -0.394 e. The van der Waals surface area contributed by atoms with Gasteiger partial charge in [0.1, 0.15) is 73.2 Å². The fourth-order valence-electron chi connectivity index (χ4n) is 12.8. The predicted octanol–water partition coefficient (Wildman–Crippen LogP) is 14.2. The van der Waals surface area contributed by atoms with Gasteiger partial charge in [-0.3, -0.25) is 4.79 Å². The number of unbranched alkanes of at least 4 members (excludes halogenated alkanes) is 25. The van der Waals surface area contributed by atoms with Crippen LogP contribution in [0, 0.1) is 0 Å². The lowest BCUT2D eigenvalue weighted by Gasteiger charge is -2.48. The number of hydrogen-bond donors (Lipinski definition) is 12. The Balaban J connectivity index is 1.37. The summed E-state index contributed by atoms with van der Waals surface area (Å²) in [5, 5.41) is 121. The van der Waals surface area contributed by atoms with Crippen molar-refractivity contribution in [3.05, 3.63) is 146 Å². The number of carbonyl (C=O) groups excluding carboxylic acids is 1. The van der Waals surface area contributed by atoms with Gasteiger partial charge in [-0.15, -0.1) is 0 Å². The molecule has 3 aliphatic heterocycles. The number of nitrogens with one attached hydrogen (secondary N) is 1. The Kier molecular flexibility index (Phi) is 59.1. The summed E-state index contributed by atoms with van der Waals surface area (Å²) < 4.78 is 34.4. The van der Waals surface area contributed by atoms with Crippen molar-refractivity contribution in [3.8, 4) is 0 Å². The van der Waals surface area contributed by atoms with Gasteiger partial charge in [0.15, 0.2) is 18.9 Å². The molecule has 3 fully saturated rings. The van der Waals surface area contributed by atoms with Gasteiger partial charge in [-0.2, -0.15) is 0 Å². The van der Waals surface area contributed by atoms with E-state index in [1.54, 1.807) is 6.08 Å². The monoisotopic (exact) mass is 1490 g/mol. The van der Waals surface area contributed by atoms with Crippen LogP contribution in [-0.2, 0) is 33.2 Å². The minimum absolute atomic E-state index is 0.216. The van der Waals surface area contributed by atoms with Crippen molar-refractivity contribution in [2.24, 2.45) is 0 Å². The molecule has 3 heterocycles. The van der Waals surface area contributed by atoms with Crippen molar-refractivity contribution in [3.63, 3.8) is 0 Å². The normalized spacial score (nSPS) is 26.4. The number of carbonyl (C=O) groups is 1. The molecule has 0 aromatic carbocycles. The molecule has 606 valence electrons. The molecule has 0 aromatic rings. The van der Waals surface area contributed by atoms with Crippen LogP contribution in [0.15, 0.2) is 146 Å². The first-order chi connectivity index (χ1) is 51.8. The van der Waals surface area contributed by atoms with Crippen LogP contribution in [0.3, 0.4) is 0 Å². The largest absolute Gasteiger partial charge is 0.394 e. The molecular weight excluding hydrogens is 1350 g/mol. The molecule has 0 bridgehead atoms. The lowest BCUT2D eigenvalue weighted by molar-refractivity contribution is -0.379. The van der Waals surface area contributed by atoms with E-state index in [1.165, 1.54) is 103 Å². The Hall–Kier alpha value is -4.33. The lowest BCUT2D eigenvalue weighted by atomic mass is 9.96. The standard InChI is InChI=1S/C87H145NO18/c1-3-5-7-9-11-13-15-17-19-21-23-25-27-28-29-30-31-32-33-34-35-36-37-38-39-40-41-42-43-45-47-49-51-53-55-57-59-61-63-65-75(93)88-70(71(92)64-62-60-58-56-54-52-50-48-46-44-26-24-22-20-18-16-14-12-10-8-6-4-2)69-101-85-81(99)78(96)83(73(67-90)103-85)106-87-82(100)79(97)84(74(68-91)104-87)105-86-80(98)77(95)76(94)72(66-89)102-86/h5,7,11,13,17,19,23,25,28-29,31-32,34-35,37-38,40-41,43,45,54,56,62,64,70-74,76-87,89-92,94-100H,3-4,6,8-10,12,14-16,18,20-22,24,26-27,30,33,36,39,42,44,46-53,55,57-61,63,65-69H2,1-2H3,(H,88,93)/b7-5-,13-11-,19-17-,25-23-,29-28-,32-31-,35-34-,38-37-,41-40-,45-43-,56-54+,64-62+. The summed E-state index contributed by atoms with van der Waals surface area (Å²) in [5.41, 5.74) is 0. The second-order valence-electron chi connectivity index (χ2n) is 28.5. The van der Waals surface area contributed by atoms with Crippen molar-refractivity contribution in [2.75, 3.05) is 26.4 Å². The van der Waals surface area contributed by atoms with Crippen LogP contribution in [0.25, 0.3) is 0 Å². The second-order valence-corrected chi connectivity index (χ2v) is 28.5. The lowest BCUT2D eigenvalue weighted by Crippen LogP contribution is -2.66. The highest BCUT2D eigenvalue weighted by Gasteiger charge is 2.54. The van der Waals surface area contributed by atoms with Crippen LogP contribution < -0.4 is 5.32 Å². The van der Waals surface area contributed by atoms with E-state index >= 15 is 0 Å². The Labute approximate surface area is 638 Å². The molecule has 0 aliphatic carbocycles. The Morgan fingerprint density at radius 3 is 1.06 bits per heavy atom. The van der Waals surface area contributed by atoms with Crippen LogP contribution in [-0.4, -0.2) is 193 Å². The number of aliphatic hydroxyl groups excluding tert-OH is 11. The van der Waals surface area contributed by atoms with Crippen molar-refractivity contribution in [1.82, 2.24) is 5.32 Å². The first-order valence-corrected chi connectivity index (χ1v) is 41.1. The van der Waals surface area contributed by atoms with E-state index in [2.05, 4.69) is 153 Å². The van der Waals surface area contributed by atoms with Crippen LogP contribution in [0.2, 0.25) is 0 Å². The topological polar surface area (TPSA) is 307 Å². The fraction of sp³-hybridized carbons (Fsp3) is 0.713. The number of hydrogen-bond acceptors (Lipinski definition) is 18. The highest BCUT2D eigenvalue weighted by molar-refractivity contribution is 5.76. The minimum atomic E-state index is -1.99. The number of ether oxygens (including phenoxy) is 6. The molecule has 0 saturated carbocycles. The van der Waals surface area contributed by atoms with E-state index < -0.39 is 124 Å². The quantitative estimate of drug-likeness (QED) is 0.0199. The van der Waals surface area contributed by atoms with E-state index in [1.807, 2.05) is 6.08 Å². The molecule has 12 N–H and O–H groups in total. The molecule has 0 radical (unpaired) electrons. The van der Waals surface area contributed by atoms with E-state index in [0.29, 0.717) is 12.8 Å². The summed E-state index contributed by atoms with van der Waals surface area (Å²) in [5.74, 6) is -0.298. The summed E-state index contributed by atoms with van der Waals surface area (Å²) in [4.78, 5) is 13.5. The van der Waals surface area contributed by atoms with E-state index in [0.717, 1.165) is 128 Å². The molecule has 17 unspecified atom stereocenters. The molecule has 19 heteroatoms. The van der Waals surface area contributed by atoms with Gasteiger partial charge >= 0.3 is 0 Å². The number of rotatable bonds is 63. The summed E-state index contributed by atoms with van der Waals surface area (Å²) >= 11 is 0. The summed E-state index contributed by atoms with van der Waals surface area (Å²) in [6.07, 6.45) is 68.3. The van der Waals surface area contributed by atoms with Crippen molar-refractivity contribution >= 4 is 5.91 Å². The van der Waals surface area contributed by atoms with Gasteiger partial charge in [-0.25, -0.2) is 0 Å². The van der Waals surface area contributed by atoms with Crippen molar-refractivity contribution < 1.29 is 89.4 Å². The van der Waals surface area contributed by atoms with Gasteiger partial charge in [0.2, 0.25) is 5.91 Å². The summed E-state index contributed by atoms with van der Waals surface area (Å²) in [6.45, 7) is 1.60. The number of allylic oxidation sites excluding steroid dienone is 23. The van der Waals surface area contributed by atoms with Gasteiger partial charge in [-0.05, 0) is 109 Å². The van der Waals surface area contributed by atoms with E-state index in [-0.39, 0.29) is 18.9 Å². The van der Waals surface area contributed by atoms with Crippen LogP contribution >= 0.6 is 0 Å². The third kappa shape index (κ3) is 44.5. The Morgan fingerprint density at radius 1 is 0.349 bits per heavy atom. The van der Waals surface area contributed by atoms with Crippen molar-refractivity contribution in [2.45, 2.75) is 369 Å². The summed E-state index contributed by atoms with van der Waals surface area (Å²) in [7, 11) is 0. The van der Waals surface area contributed by atoms with Gasteiger partial charge < -0.3 is 89.9 Å². The zero-order valence-electron chi connectivity index (χ0n) is 64.9. The number of aliphatic hydroxyl groups is 11. The maximum absolute atomic E-state index is 13.5. The molecular formula is C87H145NO18. The highest BCUT2D eigenvalue weighted by atomic mass is 16.8. The zero-order chi connectivity index (χ0) is 76.7. The average molecular weight is 1490 g/mol. The molecule has 17 atom stereocenters. The fourth-order valence-corrected chi connectivity index (χ4v) is 12.8. The van der Waals surface area contributed by atoms with Gasteiger partial charge in [-0.1, -0.05) is 295 Å². The molecule has 19 nitrogen and oxygen atoms in total. The molecule has 3 saturated heterocycles. The van der Waals surface area contributed by atoms with Gasteiger partial charge in [0.25, 0.3) is 0 Å². The van der Waals surface area contributed by atoms with Gasteiger partial charge in [0, 0.05) is 6.42 Å². The Morgan fingerprint density at radius 2 is 0.660 bits per heavy atom. The maximum Gasteiger partial charge on any atom is 0.220 e. The smallest absolute Gasteiger partial charge is 0.220 e. The van der Waals surface area contributed by atoms with Crippen LogP contribution in [0.4, 0.5) is 0 Å². The molecule has 3 rings (SSSR count). The van der Waals surface area contributed by atoms with Crippen LogP contribution in [0.1, 0.15) is 264 Å². The third-order valence-electron chi connectivity index (χ3n) is 19.4. The highest BCUT2D eigenvalue weighted by Crippen LogP contribution is 2.33. The zero-order valence-corrected chi connectivity index (χ0v) is 64.9. The molecule has 106 heavy (non-hydrogen) atoms. The molecule has 0 aromatic heterocycles. The first-order valence-electron chi connectivity index (χ1n) is 41.1. The van der Waals surface area contributed by atoms with E-state index in [4.69, 9.17) is 28.4 Å². The maximum atomic E-state index is 13.5. The van der Waals surface area contributed by atoms with Crippen molar-refractivity contribution in [1.29, 1.82) is 0 Å². The second kappa shape index (κ2) is 65.4. The Bertz CT molecular complexity index is 2490. The SMILES string of the molecule is CC/C=C\C/C=C\C/C=C\C/C=C\C/C=C\C/C=C\C/C=C\C/C=C\C/C=C\C/C=C\CCCCCCCCCCC(=O)NC(COC1OC(CO)C(OC2OC(CO)C(OC3OC(CO)C(O)C(O)C3O)C(O)C2O)C(O)C1O)C(O)/C=C/CC/C=C/CCCCCCCCCCCCCCCCCC. The van der Waals surface area contributed by atoms with Crippen LogP contribution in [0.5, 0.6) is 0 Å². The van der Waals surface area contributed by atoms with E-state index in [9.17, 15) is 61.0 Å². The molecule has 3 aliphatic rings. The first kappa shape index (κ1) is 95.9. The molecule has 0 spiro atoms. The van der Waals surface area contributed by atoms with Gasteiger partial charge in [0.05, 0.1) is 38.6 Å². The molecule has 1 amide bonds.